The second-order valence-electron chi connectivity index (χ2n) is 9.55. The molecule has 1 unspecified atom stereocenters. The molecule has 1 amide bonds. The van der Waals surface area contributed by atoms with E-state index in [1.165, 1.54) is 17.2 Å². The lowest BCUT2D eigenvalue weighted by molar-refractivity contribution is 0.0773. The maximum absolute atomic E-state index is 13.1. The fourth-order valence-electron chi connectivity index (χ4n) is 4.48. The standard InChI is InChI=1S/C18H21NO.C13H19FN2.C2H4/c1-3-19(4-2)18(20)17-12-10-16(11-13-17)14-15-8-6-5-7-9-15;1-10-8-16(11(2)7-15-10)9-12-4-3-5-13(14)6-12;1-2/h5-13H,3-4,14H2,1-2H3;3-6,10-11,15H,7-9H2,1-2H3;1-2H2/t;10?,11-;/m.1./s1. The number of halogens is 1. The molecule has 1 aliphatic rings. The second kappa shape index (κ2) is 16.5. The van der Waals surface area contributed by atoms with Gasteiger partial charge in [-0.05, 0) is 75.1 Å². The third-order valence-electron chi connectivity index (χ3n) is 6.67. The monoisotopic (exact) mass is 517 g/mol. The zero-order valence-electron chi connectivity index (χ0n) is 23.5. The van der Waals surface area contributed by atoms with Crippen molar-refractivity contribution in [1.29, 1.82) is 0 Å². The van der Waals surface area contributed by atoms with E-state index in [-0.39, 0.29) is 11.7 Å². The Balaban J connectivity index is 0.000000256. The molecule has 4 nitrogen and oxygen atoms in total. The van der Waals surface area contributed by atoms with Crippen molar-refractivity contribution >= 4 is 5.91 Å². The summed E-state index contributed by atoms with van der Waals surface area (Å²) in [6, 6.07) is 26.2. The number of rotatable bonds is 7. The van der Waals surface area contributed by atoms with Crippen LogP contribution in [-0.4, -0.2) is 54.0 Å². The normalized spacial score (nSPS) is 16.9. The molecule has 1 N–H and O–H groups in total. The number of nitrogens with one attached hydrogen (secondary N) is 1. The summed E-state index contributed by atoms with van der Waals surface area (Å²) in [6.45, 7) is 18.8. The second-order valence-corrected chi connectivity index (χ2v) is 9.55. The van der Waals surface area contributed by atoms with Crippen LogP contribution in [0.15, 0.2) is 92.0 Å². The predicted octanol–water partition coefficient (Wildman–Crippen LogP) is 6.57. The summed E-state index contributed by atoms with van der Waals surface area (Å²) < 4.78 is 13.1. The minimum Gasteiger partial charge on any atom is -0.339 e. The average Bonchev–Trinajstić information content (AvgIpc) is 2.94. The lowest BCUT2D eigenvalue weighted by Crippen LogP contribution is -2.53. The van der Waals surface area contributed by atoms with Crippen LogP contribution in [0.25, 0.3) is 0 Å². The number of hydrogen-bond donors (Lipinski definition) is 1. The number of nitrogens with zero attached hydrogens (tertiary/aromatic N) is 2. The van der Waals surface area contributed by atoms with Crippen molar-refractivity contribution in [1.82, 2.24) is 15.1 Å². The van der Waals surface area contributed by atoms with Gasteiger partial charge in [-0.15, -0.1) is 13.2 Å². The Morgan fingerprint density at radius 1 is 0.921 bits per heavy atom. The van der Waals surface area contributed by atoms with E-state index in [0.717, 1.165) is 50.3 Å². The summed E-state index contributed by atoms with van der Waals surface area (Å²) >= 11 is 0. The third-order valence-corrected chi connectivity index (χ3v) is 6.67. The van der Waals surface area contributed by atoms with Crippen LogP contribution in [0.2, 0.25) is 0 Å². The predicted molar refractivity (Wildman–Crippen MR) is 158 cm³/mol. The molecule has 1 aliphatic heterocycles. The van der Waals surface area contributed by atoms with Crippen molar-refractivity contribution < 1.29 is 9.18 Å². The first-order chi connectivity index (χ1) is 18.4. The summed E-state index contributed by atoms with van der Waals surface area (Å²) in [7, 11) is 0. The highest BCUT2D eigenvalue weighted by Crippen LogP contribution is 2.14. The van der Waals surface area contributed by atoms with E-state index in [9.17, 15) is 9.18 Å². The maximum atomic E-state index is 13.1. The van der Waals surface area contributed by atoms with Crippen molar-refractivity contribution in [3.8, 4) is 0 Å². The molecule has 4 rings (SSSR count). The van der Waals surface area contributed by atoms with E-state index in [2.05, 4.69) is 49.4 Å². The van der Waals surface area contributed by atoms with Crippen LogP contribution in [0, 0.1) is 5.82 Å². The molecule has 0 aliphatic carbocycles. The molecule has 0 radical (unpaired) electrons. The Kier molecular flexibility index (Phi) is 13.5. The first-order valence-corrected chi connectivity index (χ1v) is 13.5. The minimum absolute atomic E-state index is 0.112. The van der Waals surface area contributed by atoms with Gasteiger partial charge in [0.05, 0.1) is 0 Å². The molecule has 0 aromatic heterocycles. The number of amides is 1. The number of benzene rings is 3. The van der Waals surface area contributed by atoms with Crippen LogP contribution in [0.1, 0.15) is 54.7 Å². The fraction of sp³-hybridized carbons (Fsp3) is 0.364. The number of hydrogen-bond acceptors (Lipinski definition) is 3. The highest BCUT2D eigenvalue weighted by Gasteiger charge is 2.22. The lowest BCUT2D eigenvalue weighted by Gasteiger charge is -2.37. The molecule has 1 saturated heterocycles. The summed E-state index contributed by atoms with van der Waals surface area (Å²) in [5.74, 6) is -0.0328. The maximum Gasteiger partial charge on any atom is 0.253 e. The Hall–Kier alpha value is -3.28. The van der Waals surface area contributed by atoms with Crippen LogP contribution >= 0.6 is 0 Å². The third kappa shape index (κ3) is 9.88. The van der Waals surface area contributed by atoms with Crippen LogP contribution in [-0.2, 0) is 13.0 Å². The van der Waals surface area contributed by atoms with E-state index in [1.54, 1.807) is 12.1 Å². The zero-order valence-corrected chi connectivity index (χ0v) is 23.5. The van der Waals surface area contributed by atoms with Gasteiger partial charge in [0.2, 0.25) is 0 Å². The molecule has 3 aromatic rings. The molecule has 204 valence electrons. The van der Waals surface area contributed by atoms with Crippen LogP contribution in [0.5, 0.6) is 0 Å². The van der Waals surface area contributed by atoms with Crippen molar-refractivity contribution in [2.24, 2.45) is 0 Å². The van der Waals surface area contributed by atoms with Crippen LogP contribution < -0.4 is 5.32 Å². The highest BCUT2D eigenvalue weighted by molar-refractivity contribution is 5.94. The van der Waals surface area contributed by atoms with E-state index in [0.29, 0.717) is 12.1 Å². The lowest BCUT2D eigenvalue weighted by atomic mass is 10.0. The van der Waals surface area contributed by atoms with Gasteiger partial charge in [-0.2, -0.15) is 0 Å². The Morgan fingerprint density at radius 2 is 1.53 bits per heavy atom. The molecule has 5 heteroatoms. The molecular weight excluding hydrogens is 473 g/mol. The molecule has 0 spiro atoms. The van der Waals surface area contributed by atoms with Gasteiger partial charge in [0, 0.05) is 50.4 Å². The van der Waals surface area contributed by atoms with E-state index >= 15 is 0 Å². The number of piperazine rings is 1. The molecular formula is C33H44FN3O. The van der Waals surface area contributed by atoms with Gasteiger partial charge >= 0.3 is 0 Å². The van der Waals surface area contributed by atoms with Crippen molar-refractivity contribution in [2.45, 2.75) is 52.7 Å². The summed E-state index contributed by atoms with van der Waals surface area (Å²) in [5.41, 5.74) is 4.34. The molecule has 38 heavy (non-hydrogen) atoms. The Bertz CT molecular complexity index is 1080. The Labute approximate surface area is 229 Å². The van der Waals surface area contributed by atoms with Gasteiger partial charge in [-0.1, -0.05) is 54.6 Å². The number of carbonyl (C=O) groups excluding carboxylic acids is 1. The molecule has 0 bridgehead atoms. The summed E-state index contributed by atoms with van der Waals surface area (Å²) in [4.78, 5) is 16.4. The van der Waals surface area contributed by atoms with Gasteiger partial charge < -0.3 is 10.2 Å². The van der Waals surface area contributed by atoms with Crippen LogP contribution in [0.4, 0.5) is 4.39 Å². The highest BCUT2D eigenvalue weighted by atomic mass is 19.1. The first-order valence-electron chi connectivity index (χ1n) is 13.5. The SMILES string of the molecule is C=C.CC1CN(Cc2cccc(F)c2)[C@H](C)CN1.CCN(CC)C(=O)c1ccc(Cc2ccccc2)cc1. The number of carbonyl (C=O) groups is 1. The summed E-state index contributed by atoms with van der Waals surface area (Å²) in [6.07, 6.45) is 0.903. The molecule has 0 saturated carbocycles. The molecule has 1 fully saturated rings. The largest absolute Gasteiger partial charge is 0.339 e. The summed E-state index contributed by atoms with van der Waals surface area (Å²) in [5, 5.41) is 3.44. The van der Waals surface area contributed by atoms with Gasteiger partial charge in [-0.3, -0.25) is 9.69 Å². The van der Waals surface area contributed by atoms with Gasteiger partial charge in [0.1, 0.15) is 5.82 Å². The molecule has 2 atom stereocenters. The van der Waals surface area contributed by atoms with Gasteiger partial charge in [-0.25, -0.2) is 4.39 Å². The molecule has 3 aromatic carbocycles. The molecule has 1 heterocycles. The van der Waals surface area contributed by atoms with Crippen LogP contribution in [0.3, 0.4) is 0 Å². The fourth-order valence-corrected chi connectivity index (χ4v) is 4.48. The zero-order chi connectivity index (χ0) is 27.9. The van der Waals surface area contributed by atoms with Crippen molar-refractivity contribution in [3.05, 3.63) is 120 Å². The quantitative estimate of drug-likeness (QED) is 0.360. The smallest absolute Gasteiger partial charge is 0.253 e. The minimum atomic E-state index is -0.145. The Morgan fingerprint density at radius 3 is 2.13 bits per heavy atom. The van der Waals surface area contributed by atoms with Crippen molar-refractivity contribution in [2.75, 3.05) is 26.2 Å². The van der Waals surface area contributed by atoms with E-state index < -0.39 is 0 Å². The first kappa shape index (κ1) is 30.9. The van der Waals surface area contributed by atoms with E-state index in [4.69, 9.17) is 0 Å². The van der Waals surface area contributed by atoms with Crippen molar-refractivity contribution in [3.63, 3.8) is 0 Å². The van der Waals surface area contributed by atoms with E-state index in [1.807, 2.05) is 67.3 Å². The topological polar surface area (TPSA) is 35.6 Å². The van der Waals surface area contributed by atoms with Gasteiger partial charge in [0.25, 0.3) is 5.91 Å². The van der Waals surface area contributed by atoms with Gasteiger partial charge in [0.15, 0.2) is 0 Å². The average molecular weight is 518 g/mol.